The quantitative estimate of drug-likeness (QED) is 0.654. The second-order valence-corrected chi connectivity index (χ2v) is 7.96. The highest BCUT2D eigenvalue weighted by molar-refractivity contribution is 7.93. The van der Waals surface area contributed by atoms with Gasteiger partial charge in [-0.1, -0.05) is 18.2 Å². The number of hydrogen-bond acceptors (Lipinski definition) is 6. The van der Waals surface area contributed by atoms with E-state index in [-0.39, 0.29) is 17.9 Å². The minimum absolute atomic E-state index is 0.0975. The number of fused-ring (bicyclic) bond motifs is 1. The maximum absolute atomic E-state index is 12.3. The van der Waals surface area contributed by atoms with Gasteiger partial charge in [0.25, 0.3) is 0 Å². The van der Waals surface area contributed by atoms with Crippen molar-refractivity contribution in [2.24, 2.45) is 0 Å². The maximum atomic E-state index is 12.3. The van der Waals surface area contributed by atoms with Gasteiger partial charge in [0.2, 0.25) is 15.9 Å². The molecule has 134 valence electrons. The Morgan fingerprint density at radius 1 is 1.19 bits per heavy atom. The molecule has 2 aromatic carbocycles. The number of hydrogen-bond donors (Lipinski definition) is 0. The Balaban J connectivity index is 1.49. The Labute approximate surface area is 150 Å². The lowest BCUT2D eigenvalue weighted by Gasteiger charge is -2.17. The Hall–Kier alpha value is -2.87. The number of sulfonamides is 1. The minimum atomic E-state index is -3.30. The number of aromatic nitrogens is 1. The summed E-state index contributed by atoms with van der Waals surface area (Å²) in [5.41, 5.74) is 2.07. The van der Waals surface area contributed by atoms with Crippen LogP contribution in [0.2, 0.25) is 0 Å². The standard InChI is InChI=1S/C18H16N2O5S/c21-18(24-12-17-19-15-7-1-2-8-16(15)25-17)13-5-3-6-14(11-13)20-9-4-10-26(20,22)23/h1-3,5-8,11H,4,9-10,12H2. The van der Waals surface area contributed by atoms with E-state index in [2.05, 4.69) is 4.98 Å². The average Bonchev–Trinajstić information content (AvgIpc) is 3.21. The molecular formula is C18H16N2O5S. The van der Waals surface area contributed by atoms with Gasteiger partial charge in [-0.05, 0) is 36.8 Å². The molecule has 4 rings (SSSR count). The van der Waals surface area contributed by atoms with E-state index in [0.717, 1.165) is 0 Å². The number of carbonyl (C=O) groups is 1. The SMILES string of the molecule is O=C(OCc1nc2ccccc2o1)c1cccc(N2CCCS2(=O)=O)c1. The van der Waals surface area contributed by atoms with Gasteiger partial charge in [-0.25, -0.2) is 18.2 Å². The molecule has 0 atom stereocenters. The van der Waals surface area contributed by atoms with Crippen molar-refractivity contribution in [3.05, 3.63) is 60.0 Å². The van der Waals surface area contributed by atoms with E-state index in [1.54, 1.807) is 24.3 Å². The third kappa shape index (κ3) is 3.15. The summed E-state index contributed by atoms with van der Waals surface area (Å²) in [5.74, 6) is -0.136. The molecule has 3 aromatic rings. The molecule has 0 radical (unpaired) electrons. The lowest BCUT2D eigenvalue weighted by Crippen LogP contribution is -2.25. The summed E-state index contributed by atoms with van der Waals surface area (Å²) in [5, 5.41) is 0. The lowest BCUT2D eigenvalue weighted by atomic mass is 10.2. The fourth-order valence-corrected chi connectivity index (χ4v) is 4.47. The number of anilines is 1. The van der Waals surface area contributed by atoms with Crippen LogP contribution in [0.5, 0.6) is 0 Å². The first-order chi connectivity index (χ1) is 12.5. The monoisotopic (exact) mass is 372 g/mol. The van der Waals surface area contributed by atoms with Crippen molar-refractivity contribution < 1.29 is 22.4 Å². The maximum Gasteiger partial charge on any atom is 0.338 e. The van der Waals surface area contributed by atoms with Crippen molar-refractivity contribution in [1.82, 2.24) is 4.98 Å². The molecule has 8 heteroatoms. The van der Waals surface area contributed by atoms with Crippen LogP contribution in [-0.2, 0) is 21.4 Å². The number of oxazole rings is 1. The third-order valence-electron chi connectivity index (χ3n) is 4.13. The zero-order chi connectivity index (χ0) is 18.1. The molecule has 1 fully saturated rings. The molecule has 0 bridgehead atoms. The molecule has 2 heterocycles. The number of nitrogens with zero attached hydrogens (tertiary/aromatic N) is 2. The summed E-state index contributed by atoms with van der Waals surface area (Å²) in [6.07, 6.45) is 0.578. The molecule has 0 unspecified atom stereocenters. The second kappa shape index (κ2) is 6.45. The number of esters is 1. The van der Waals surface area contributed by atoms with Crippen LogP contribution in [0.3, 0.4) is 0 Å². The topological polar surface area (TPSA) is 89.7 Å². The van der Waals surface area contributed by atoms with Gasteiger partial charge in [0.15, 0.2) is 12.2 Å². The van der Waals surface area contributed by atoms with Gasteiger partial charge in [0.05, 0.1) is 17.0 Å². The van der Waals surface area contributed by atoms with E-state index in [0.29, 0.717) is 35.6 Å². The molecule has 0 spiro atoms. The van der Waals surface area contributed by atoms with Gasteiger partial charge in [-0.15, -0.1) is 0 Å². The van der Waals surface area contributed by atoms with Gasteiger partial charge in [0.1, 0.15) is 5.52 Å². The zero-order valence-electron chi connectivity index (χ0n) is 13.8. The van der Waals surface area contributed by atoms with Crippen LogP contribution in [0.4, 0.5) is 5.69 Å². The highest BCUT2D eigenvalue weighted by atomic mass is 32.2. The smallest absolute Gasteiger partial charge is 0.338 e. The van der Waals surface area contributed by atoms with Gasteiger partial charge in [-0.2, -0.15) is 0 Å². The number of ether oxygens (including phenoxy) is 1. The molecule has 26 heavy (non-hydrogen) atoms. The number of carbonyl (C=O) groups excluding carboxylic acids is 1. The van der Waals surface area contributed by atoms with Crippen LogP contribution < -0.4 is 4.31 Å². The van der Waals surface area contributed by atoms with E-state index in [1.165, 1.54) is 10.4 Å². The molecule has 7 nitrogen and oxygen atoms in total. The van der Waals surface area contributed by atoms with Crippen molar-refractivity contribution in [3.8, 4) is 0 Å². The van der Waals surface area contributed by atoms with Gasteiger partial charge in [-0.3, -0.25) is 4.31 Å². The second-order valence-electron chi connectivity index (χ2n) is 5.94. The molecule has 0 saturated carbocycles. The van der Waals surface area contributed by atoms with Crippen molar-refractivity contribution in [3.63, 3.8) is 0 Å². The summed E-state index contributed by atoms with van der Waals surface area (Å²) >= 11 is 0. The summed E-state index contributed by atoms with van der Waals surface area (Å²) in [4.78, 5) is 16.5. The van der Waals surface area contributed by atoms with Crippen LogP contribution in [-0.4, -0.2) is 31.7 Å². The van der Waals surface area contributed by atoms with Crippen molar-refractivity contribution in [2.75, 3.05) is 16.6 Å². The van der Waals surface area contributed by atoms with E-state index < -0.39 is 16.0 Å². The largest absolute Gasteiger partial charge is 0.452 e. The minimum Gasteiger partial charge on any atom is -0.452 e. The molecule has 1 saturated heterocycles. The summed E-state index contributed by atoms with van der Waals surface area (Å²) in [7, 11) is -3.30. The Bertz CT molecular complexity index is 1040. The van der Waals surface area contributed by atoms with Gasteiger partial charge in [0, 0.05) is 6.54 Å². The number of benzene rings is 2. The van der Waals surface area contributed by atoms with Gasteiger partial charge < -0.3 is 9.15 Å². The van der Waals surface area contributed by atoms with Gasteiger partial charge >= 0.3 is 5.97 Å². The van der Waals surface area contributed by atoms with E-state index in [1.807, 2.05) is 18.2 Å². The first-order valence-corrected chi connectivity index (χ1v) is 9.76. The van der Waals surface area contributed by atoms with Crippen LogP contribution in [0.25, 0.3) is 11.1 Å². The average molecular weight is 372 g/mol. The molecule has 1 aliphatic heterocycles. The number of rotatable bonds is 4. The highest BCUT2D eigenvalue weighted by Gasteiger charge is 2.28. The van der Waals surface area contributed by atoms with Crippen molar-refractivity contribution in [2.45, 2.75) is 13.0 Å². The van der Waals surface area contributed by atoms with Crippen molar-refractivity contribution in [1.29, 1.82) is 0 Å². The fourth-order valence-electron chi connectivity index (χ4n) is 2.91. The first kappa shape index (κ1) is 16.6. The Morgan fingerprint density at radius 2 is 2.04 bits per heavy atom. The normalized spacial score (nSPS) is 16.1. The molecule has 1 aliphatic rings. The molecular weight excluding hydrogens is 356 g/mol. The predicted octanol–water partition coefficient (Wildman–Crippen LogP) is 2.72. The van der Waals surface area contributed by atoms with Crippen LogP contribution in [0, 0.1) is 0 Å². The summed E-state index contributed by atoms with van der Waals surface area (Å²) < 4.78 is 36.1. The van der Waals surface area contributed by atoms with Crippen molar-refractivity contribution >= 4 is 32.8 Å². The number of para-hydroxylation sites is 2. The van der Waals surface area contributed by atoms with Crippen LogP contribution >= 0.6 is 0 Å². The molecule has 1 aromatic heterocycles. The van der Waals surface area contributed by atoms with Crippen LogP contribution in [0.1, 0.15) is 22.7 Å². The third-order valence-corrected chi connectivity index (χ3v) is 6.00. The highest BCUT2D eigenvalue weighted by Crippen LogP contribution is 2.25. The predicted molar refractivity (Wildman–Crippen MR) is 95.3 cm³/mol. The zero-order valence-corrected chi connectivity index (χ0v) is 14.6. The first-order valence-electron chi connectivity index (χ1n) is 8.15. The summed E-state index contributed by atoms with van der Waals surface area (Å²) in [6, 6.07) is 13.7. The lowest BCUT2D eigenvalue weighted by molar-refractivity contribution is 0.0440. The van der Waals surface area contributed by atoms with E-state index in [9.17, 15) is 13.2 Å². The van der Waals surface area contributed by atoms with E-state index >= 15 is 0 Å². The Morgan fingerprint density at radius 3 is 2.81 bits per heavy atom. The summed E-state index contributed by atoms with van der Waals surface area (Å²) in [6.45, 7) is 0.323. The molecule has 0 N–H and O–H groups in total. The fraction of sp³-hybridized carbons (Fsp3) is 0.222. The van der Waals surface area contributed by atoms with Crippen LogP contribution in [0.15, 0.2) is 52.9 Å². The molecule has 0 amide bonds. The molecule has 0 aliphatic carbocycles. The van der Waals surface area contributed by atoms with E-state index in [4.69, 9.17) is 9.15 Å². The Kier molecular flexibility index (Phi) is 4.12.